The van der Waals surface area contributed by atoms with Crippen molar-refractivity contribution in [3.63, 3.8) is 0 Å². The van der Waals surface area contributed by atoms with E-state index in [1.807, 2.05) is 24.3 Å². The summed E-state index contributed by atoms with van der Waals surface area (Å²) in [5, 5.41) is 2.84. The number of benzene rings is 2. The van der Waals surface area contributed by atoms with Gasteiger partial charge in [0.15, 0.2) is 4.87 Å². The van der Waals surface area contributed by atoms with Crippen LogP contribution in [0.2, 0.25) is 0 Å². The van der Waals surface area contributed by atoms with Crippen LogP contribution in [0.5, 0.6) is 0 Å². The van der Waals surface area contributed by atoms with Gasteiger partial charge in [0.05, 0.1) is 10.6 Å². The van der Waals surface area contributed by atoms with E-state index in [-0.39, 0.29) is 16.7 Å². The lowest BCUT2D eigenvalue weighted by Crippen LogP contribution is -2.49. The summed E-state index contributed by atoms with van der Waals surface area (Å²) in [5.41, 5.74) is 1.72. The average molecular weight is 432 g/mol. The molecular formula is C20H21N3O4S2. The van der Waals surface area contributed by atoms with Crippen LogP contribution in [0, 0.1) is 6.92 Å². The van der Waals surface area contributed by atoms with Gasteiger partial charge in [-0.15, -0.1) is 0 Å². The summed E-state index contributed by atoms with van der Waals surface area (Å²) in [6, 6.07) is 12.3. The number of anilines is 2. The maximum Gasteiger partial charge on any atom is 0.261 e. The fraction of sp³-hybridized carbons (Fsp3) is 0.300. The van der Waals surface area contributed by atoms with Crippen molar-refractivity contribution in [2.24, 2.45) is 0 Å². The molecule has 2 amide bonds. The number of carbonyl (C=O) groups excluding carboxylic acids is 2. The molecule has 1 saturated heterocycles. The summed E-state index contributed by atoms with van der Waals surface area (Å²) < 4.78 is 26.3. The Labute approximate surface area is 174 Å². The van der Waals surface area contributed by atoms with Crippen LogP contribution in [0.15, 0.2) is 52.3 Å². The molecule has 4 rings (SSSR count). The highest BCUT2D eigenvalue weighted by atomic mass is 32.2. The van der Waals surface area contributed by atoms with E-state index in [2.05, 4.69) is 5.32 Å². The number of sulfonamides is 1. The van der Waals surface area contributed by atoms with Crippen molar-refractivity contribution in [3.05, 3.63) is 48.0 Å². The van der Waals surface area contributed by atoms with E-state index in [0.717, 1.165) is 14.9 Å². The molecule has 29 heavy (non-hydrogen) atoms. The normalized spacial score (nSPS) is 20.7. The predicted molar refractivity (Wildman–Crippen MR) is 112 cm³/mol. The summed E-state index contributed by atoms with van der Waals surface area (Å²) in [6.45, 7) is 1.71. The second kappa shape index (κ2) is 6.86. The number of rotatable bonds is 4. The SMILES string of the molecule is Cc1ccc(NC(=O)C23CCC(=O)N2c2ccccc2S3)cc1S(=O)(=O)N(C)C. The molecule has 0 radical (unpaired) electrons. The summed E-state index contributed by atoms with van der Waals surface area (Å²) in [7, 11) is -0.713. The van der Waals surface area contributed by atoms with E-state index in [4.69, 9.17) is 0 Å². The highest BCUT2D eigenvalue weighted by molar-refractivity contribution is 8.02. The zero-order valence-corrected chi connectivity index (χ0v) is 17.9. The van der Waals surface area contributed by atoms with E-state index in [1.165, 1.54) is 31.9 Å². The number of thioether (sulfide) groups is 1. The largest absolute Gasteiger partial charge is 0.323 e. The minimum absolute atomic E-state index is 0.0858. The molecule has 0 aliphatic carbocycles. The van der Waals surface area contributed by atoms with E-state index >= 15 is 0 Å². The molecule has 2 heterocycles. The van der Waals surface area contributed by atoms with Gasteiger partial charge in [0.2, 0.25) is 15.9 Å². The molecule has 0 aromatic heterocycles. The van der Waals surface area contributed by atoms with Gasteiger partial charge in [0, 0.05) is 31.1 Å². The number of nitrogens with zero attached hydrogens (tertiary/aromatic N) is 2. The van der Waals surface area contributed by atoms with Gasteiger partial charge in [0.1, 0.15) is 0 Å². The first kappa shape index (κ1) is 19.9. The van der Waals surface area contributed by atoms with Crippen LogP contribution in [0.25, 0.3) is 0 Å². The van der Waals surface area contributed by atoms with Crippen molar-refractivity contribution < 1.29 is 18.0 Å². The zero-order valence-electron chi connectivity index (χ0n) is 16.3. The molecule has 152 valence electrons. The summed E-state index contributed by atoms with van der Waals surface area (Å²) in [6.07, 6.45) is 0.689. The lowest BCUT2D eigenvalue weighted by molar-refractivity contribution is -0.121. The van der Waals surface area contributed by atoms with Crippen LogP contribution < -0.4 is 10.2 Å². The monoisotopic (exact) mass is 431 g/mol. The maximum absolute atomic E-state index is 13.3. The number of amides is 2. The van der Waals surface area contributed by atoms with Crippen LogP contribution in [0.3, 0.4) is 0 Å². The van der Waals surface area contributed by atoms with Crippen LogP contribution in [0.1, 0.15) is 18.4 Å². The maximum atomic E-state index is 13.3. The Kier molecular flexibility index (Phi) is 4.71. The number of carbonyl (C=O) groups is 2. The molecule has 1 atom stereocenters. The van der Waals surface area contributed by atoms with Gasteiger partial charge in [-0.1, -0.05) is 30.0 Å². The second-order valence-corrected chi connectivity index (χ2v) is 10.7. The predicted octanol–water partition coefficient (Wildman–Crippen LogP) is 2.81. The molecule has 1 unspecified atom stereocenters. The number of nitrogens with one attached hydrogen (secondary N) is 1. The van der Waals surface area contributed by atoms with Crippen molar-refractivity contribution in [1.82, 2.24) is 4.31 Å². The zero-order chi connectivity index (χ0) is 21.0. The third-order valence-electron chi connectivity index (χ3n) is 5.23. The fourth-order valence-electron chi connectivity index (χ4n) is 3.68. The minimum atomic E-state index is -3.64. The first-order valence-corrected chi connectivity index (χ1v) is 11.4. The molecule has 2 aromatic rings. The number of hydrogen-bond donors (Lipinski definition) is 1. The molecule has 2 aliphatic heterocycles. The highest BCUT2D eigenvalue weighted by Crippen LogP contribution is 2.56. The summed E-state index contributed by atoms with van der Waals surface area (Å²) in [4.78, 5) is 27.4. The third kappa shape index (κ3) is 3.04. The van der Waals surface area contributed by atoms with Crippen LogP contribution in [-0.2, 0) is 19.6 Å². The lowest BCUT2D eigenvalue weighted by Gasteiger charge is -2.29. The molecular weight excluding hydrogens is 410 g/mol. The Balaban J connectivity index is 1.68. The summed E-state index contributed by atoms with van der Waals surface area (Å²) in [5.74, 6) is -0.418. The Bertz CT molecular complexity index is 1130. The standard InChI is InChI=1S/C20H21N3O4S2/c1-13-8-9-14(12-17(13)29(26,27)22(2)3)21-19(25)20-11-10-18(24)23(20)15-6-4-5-7-16(15)28-20/h4-9,12H,10-11H2,1-3H3,(H,21,25). The van der Waals surface area contributed by atoms with Crippen LogP contribution in [0.4, 0.5) is 11.4 Å². The van der Waals surface area contributed by atoms with Crippen LogP contribution >= 0.6 is 11.8 Å². The van der Waals surface area contributed by atoms with Crippen molar-refractivity contribution in [2.45, 2.75) is 34.4 Å². The topological polar surface area (TPSA) is 86.8 Å². The molecule has 2 aromatic carbocycles. The highest BCUT2D eigenvalue weighted by Gasteiger charge is 2.57. The van der Waals surface area contributed by atoms with Gasteiger partial charge in [-0.2, -0.15) is 0 Å². The van der Waals surface area contributed by atoms with Gasteiger partial charge in [0.25, 0.3) is 5.91 Å². The molecule has 7 nitrogen and oxygen atoms in total. The van der Waals surface area contributed by atoms with E-state index in [1.54, 1.807) is 24.0 Å². The number of para-hydroxylation sites is 1. The third-order valence-corrected chi connectivity index (χ3v) is 8.66. The Morgan fingerprint density at radius 1 is 1.21 bits per heavy atom. The van der Waals surface area contributed by atoms with Crippen molar-refractivity contribution in [1.29, 1.82) is 0 Å². The fourth-order valence-corrected chi connectivity index (χ4v) is 6.24. The number of hydrogen-bond acceptors (Lipinski definition) is 5. The average Bonchev–Trinajstić information content (AvgIpc) is 3.19. The van der Waals surface area contributed by atoms with Gasteiger partial charge < -0.3 is 5.32 Å². The molecule has 2 aliphatic rings. The molecule has 0 spiro atoms. The summed E-state index contributed by atoms with van der Waals surface area (Å²) >= 11 is 1.37. The van der Waals surface area contributed by atoms with Gasteiger partial charge in [-0.3, -0.25) is 14.5 Å². The minimum Gasteiger partial charge on any atom is -0.323 e. The molecule has 9 heteroatoms. The Hall–Kier alpha value is -2.36. The molecule has 1 N–H and O–H groups in total. The van der Waals surface area contributed by atoms with E-state index < -0.39 is 14.9 Å². The van der Waals surface area contributed by atoms with Gasteiger partial charge >= 0.3 is 0 Å². The van der Waals surface area contributed by atoms with Gasteiger partial charge in [-0.05, 0) is 43.2 Å². The second-order valence-electron chi connectivity index (χ2n) is 7.31. The number of aryl methyl sites for hydroxylation is 1. The van der Waals surface area contributed by atoms with E-state index in [9.17, 15) is 18.0 Å². The van der Waals surface area contributed by atoms with E-state index in [0.29, 0.717) is 24.1 Å². The molecule has 0 bridgehead atoms. The number of fused-ring (bicyclic) bond motifs is 3. The van der Waals surface area contributed by atoms with Crippen molar-refractivity contribution in [3.8, 4) is 0 Å². The van der Waals surface area contributed by atoms with Crippen molar-refractivity contribution >= 4 is 45.0 Å². The van der Waals surface area contributed by atoms with Crippen LogP contribution in [-0.4, -0.2) is 43.5 Å². The lowest BCUT2D eigenvalue weighted by atomic mass is 10.1. The quantitative estimate of drug-likeness (QED) is 0.804. The first-order chi connectivity index (χ1) is 13.7. The van der Waals surface area contributed by atoms with Gasteiger partial charge in [-0.25, -0.2) is 12.7 Å². The molecule has 1 fully saturated rings. The smallest absolute Gasteiger partial charge is 0.261 e. The Morgan fingerprint density at radius 2 is 1.93 bits per heavy atom. The van der Waals surface area contributed by atoms with Crippen molar-refractivity contribution in [2.75, 3.05) is 24.3 Å². The Morgan fingerprint density at radius 3 is 2.66 bits per heavy atom. The molecule has 0 saturated carbocycles. The first-order valence-electron chi connectivity index (χ1n) is 9.12.